The molecule has 0 aromatic heterocycles. The van der Waals surface area contributed by atoms with Crippen molar-refractivity contribution in [2.75, 3.05) is 13.1 Å². The molecule has 1 aromatic rings. The Kier molecular flexibility index (Phi) is 3.98. The van der Waals surface area contributed by atoms with Crippen molar-refractivity contribution in [2.45, 2.75) is 17.5 Å². The molecule has 2 rings (SSSR count). The Hall–Kier alpha value is -1.61. The van der Waals surface area contributed by atoms with E-state index in [9.17, 15) is 26.4 Å². The maximum absolute atomic E-state index is 12.9. The fraction of sp³-hybridized carbons (Fsp3) is 0.417. The highest BCUT2D eigenvalue weighted by molar-refractivity contribution is 7.89. The van der Waals surface area contributed by atoms with E-state index in [1.807, 2.05) is 0 Å². The monoisotopic (exact) mass is 323 g/mol. The molecule has 1 fully saturated rings. The van der Waals surface area contributed by atoms with Gasteiger partial charge in [-0.25, -0.2) is 8.42 Å². The lowest BCUT2D eigenvalue weighted by Crippen LogP contribution is -2.50. The molecule has 1 N–H and O–H groups in total. The van der Waals surface area contributed by atoms with Crippen LogP contribution in [0.15, 0.2) is 29.2 Å². The Labute approximate surface area is 119 Å². The van der Waals surface area contributed by atoms with E-state index in [0.29, 0.717) is 6.07 Å². The fourth-order valence-electron chi connectivity index (χ4n) is 2.16. The normalized spacial score (nSPS) is 17.5. The number of alkyl halides is 3. The summed E-state index contributed by atoms with van der Waals surface area (Å²) in [6, 6.07) is 3.95. The third-order valence-corrected chi connectivity index (χ3v) is 5.09. The van der Waals surface area contributed by atoms with Gasteiger partial charge in [-0.2, -0.15) is 17.5 Å². The number of hydrogen-bond donors (Lipinski definition) is 1. The van der Waals surface area contributed by atoms with E-state index in [0.717, 1.165) is 16.4 Å². The summed E-state index contributed by atoms with van der Waals surface area (Å²) >= 11 is 0. The number of aliphatic carboxylic acids is 1. The van der Waals surface area contributed by atoms with Gasteiger partial charge in [-0.15, -0.1) is 0 Å². The molecule has 1 aromatic carbocycles. The van der Waals surface area contributed by atoms with Crippen LogP contribution in [0.3, 0.4) is 0 Å². The standard InChI is InChI=1S/C12H12F3NO4S/c13-12(14,15)9-3-1-2-4-10(9)21(19,20)16-6-8(7-16)5-11(17)18/h1-4,8H,5-7H2,(H,17,18). The summed E-state index contributed by atoms with van der Waals surface area (Å²) in [5.41, 5.74) is -1.22. The van der Waals surface area contributed by atoms with Crippen molar-refractivity contribution in [2.24, 2.45) is 5.92 Å². The summed E-state index contributed by atoms with van der Waals surface area (Å²) in [5, 5.41) is 8.59. The molecule has 116 valence electrons. The van der Waals surface area contributed by atoms with Crippen molar-refractivity contribution in [1.82, 2.24) is 4.31 Å². The molecule has 1 saturated heterocycles. The van der Waals surface area contributed by atoms with E-state index < -0.39 is 32.6 Å². The minimum Gasteiger partial charge on any atom is -0.481 e. The predicted octanol–water partition coefficient (Wildman–Crippen LogP) is 1.80. The summed E-state index contributed by atoms with van der Waals surface area (Å²) in [4.78, 5) is 9.70. The van der Waals surface area contributed by atoms with Crippen LogP contribution in [0.1, 0.15) is 12.0 Å². The van der Waals surface area contributed by atoms with Crippen LogP contribution in [-0.4, -0.2) is 36.9 Å². The van der Waals surface area contributed by atoms with E-state index in [1.165, 1.54) is 6.07 Å². The Morgan fingerprint density at radius 3 is 2.38 bits per heavy atom. The van der Waals surface area contributed by atoms with Crippen LogP contribution in [0.25, 0.3) is 0 Å². The average molecular weight is 323 g/mol. The van der Waals surface area contributed by atoms with Crippen LogP contribution in [0.4, 0.5) is 13.2 Å². The lowest BCUT2D eigenvalue weighted by atomic mass is 10.00. The van der Waals surface area contributed by atoms with Gasteiger partial charge in [0.2, 0.25) is 10.0 Å². The van der Waals surface area contributed by atoms with Crippen LogP contribution in [-0.2, 0) is 21.0 Å². The second kappa shape index (κ2) is 5.30. The number of halogens is 3. The Balaban J connectivity index is 2.25. The summed E-state index contributed by atoms with van der Waals surface area (Å²) in [6.45, 7) is -0.165. The molecule has 21 heavy (non-hydrogen) atoms. The topological polar surface area (TPSA) is 74.7 Å². The Morgan fingerprint density at radius 1 is 1.29 bits per heavy atom. The molecule has 0 amide bonds. The quantitative estimate of drug-likeness (QED) is 0.917. The number of carbonyl (C=O) groups is 1. The zero-order chi connectivity index (χ0) is 15.8. The highest BCUT2D eigenvalue weighted by atomic mass is 32.2. The van der Waals surface area contributed by atoms with Gasteiger partial charge < -0.3 is 5.11 Å². The molecule has 0 bridgehead atoms. The molecular formula is C12H12F3NO4S. The second-order valence-electron chi connectivity index (χ2n) is 4.78. The highest BCUT2D eigenvalue weighted by Gasteiger charge is 2.42. The van der Waals surface area contributed by atoms with Gasteiger partial charge in [0.25, 0.3) is 0 Å². The number of benzene rings is 1. The lowest BCUT2D eigenvalue weighted by molar-refractivity contribution is -0.140. The van der Waals surface area contributed by atoms with Gasteiger partial charge in [0, 0.05) is 13.1 Å². The molecule has 0 atom stereocenters. The van der Waals surface area contributed by atoms with Crippen molar-refractivity contribution >= 4 is 16.0 Å². The van der Waals surface area contributed by atoms with E-state index in [1.54, 1.807) is 0 Å². The van der Waals surface area contributed by atoms with E-state index in [-0.39, 0.29) is 25.4 Å². The predicted molar refractivity (Wildman–Crippen MR) is 65.9 cm³/mol. The summed E-state index contributed by atoms with van der Waals surface area (Å²) in [7, 11) is -4.26. The van der Waals surface area contributed by atoms with Crippen LogP contribution < -0.4 is 0 Å². The first-order valence-electron chi connectivity index (χ1n) is 6.00. The van der Waals surface area contributed by atoms with Crippen molar-refractivity contribution in [3.05, 3.63) is 29.8 Å². The first-order valence-corrected chi connectivity index (χ1v) is 7.44. The molecule has 9 heteroatoms. The summed E-state index contributed by atoms with van der Waals surface area (Å²) in [5.74, 6) is -1.43. The maximum atomic E-state index is 12.9. The maximum Gasteiger partial charge on any atom is 0.417 e. The number of hydrogen-bond acceptors (Lipinski definition) is 3. The molecule has 0 spiro atoms. The minimum atomic E-state index is -4.77. The second-order valence-corrected chi connectivity index (χ2v) is 6.69. The molecule has 0 unspecified atom stereocenters. The highest BCUT2D eigenvalue weighted by Crippen LogP contribution is 2.36. The molecule has 0 saturated carbocycles. The third kappa shape index (κ3) is 3.18. The minimum absolute atomic E-state index is 0.0825. The molecule has 1 aliphatic rings. The number of rotatable bonds is 4. The molecule has 1 aliphatic heterocycles. The van der Waals surface area contributed by atoms with Gasteiger partial charge in [-0.1, -0.05) is 12.1 Å². The first-order chi connectivity index (χ1) is 9.62. The smallest absolute Gasteiger partial charge is 0.417 e. The lowest BCUT2D eigenvalue weighted by Gasteiger charge is -2.37. The number of carboxylic acid groups (broad SMARTS) is 1. The van der Waals surface area contributed by atoms with Gasteiger partial charge in [0.15, 0.2) is 0 Å². The summed E-state index contributed by atoms with van der Waals surface area (Å²) < 4.78 is 63.8. The van der Waals surface area contributed by atoms with Crippen molar-refractivity contribution < 1.29 is 31.5 Å². The number of carboxylic acids is 1. The third-order valence-electron chi connectivity index (χ3n) is 3.20. The molecule has 5 nitrogen and oxygen atoms in total. The van der Waals surface area contributed by atoms with Crippen LogP contribution in [0.2, 0.25) is 0 Å². The Morgan fingerprint density at radius 2 is 1.86 bits per heavy atom. The number of sulfonamides is 1. The molecule has 1 heterocycles. The zero-order valence-electron chi connectivity index (χ0n) is 10.7. The van der Waals surface area contributed by atoms with Crippen molar-refractivity contribution in [3.63, 3.8) is 0 Å². The van der Waals surface area contributed by atoms with Gasteiger partial charge >= 0.3 is 12.1 Å². The van der Waals surface area contributed by atoms with Gasteiger partial charge in [0.05, 0.1) is 16.9 Å². The van der Waals surface area contributed by atoms with Gasteiger partial charge in [0.1, 0.15) is 0 Å². The molecule has 0 radical (unpaired) electrons. The van der Waals surface area contributed by atoms with Gasteiger partial charge in [-0.3, -0.25) is 4.79 Å². The average Bonchev–Trinajstić information content (AvgIpc) is 2.31. The SMILES string of the molecule is O=C(O)CC1CN(S(=O)(=O)c2ccccc2C(F)(F)F)C1. The van der Waals surface area contributed by atoms with Crippen LogP contribution in [0, 0.1) is 5.92 Å². The van der Waals surface area contributed by atoms with E-state index in [2.05, 4.69) is 0 Å². The Bertz CT molecular complexity index is 651. The van der Waals surface area contributed by atoms with Crippen LogP contribution >= 0.6 is 0 Å². The van der Waals surface area contributed by atoms with E-state index >= 15 is 0 Å². The number of nitrogens with zero attached hydrogens (tertiary/aromatic N) is 1. The zero-order valence-corrected chi connectivity index (χ0v) is 11.5. The van der Waals surface area contributed by atoms with Crippen LogP contribution in [0.5, 0.6) is 0 Å². The van der Waals surface area contributed by atoms with Crippen molar-refractivity contribution in [1.29, 1.82) is 0 Å². The van der Waals surface area contributed by atoms with Crippen molar-refractivity contribution in [3.8, 4) is 0 Å². The van der Waals surface area contributed by atoms with Gasteiger partial charge in [-0.05, 0) is 18.1 Å². The fourth-order valence-corrected chi connectivity index (χ4v) is 3.96. The summed E-state index contributed by atoms with van der Waals surface area (Å²) in [6.07, 6.45) is -4.97. The molecule has 0 aliphatic carbocycles. The largest absolute Gasteiger partial charge is 0.481 e. The van der Waals surface area contributed by atoms with E-state index in [4.69, 9.17) is 5.11 Å². The first kappa shape index (κ1) is 15.8. The molecular weight excluding hydrogens is 311 g/mol.